The summed E-state index contributed by atoms with van der Waals surface area (Å²) in [7, 11) is 0. The van der Waals surface area contributed by atoms with E-state index in [9.17, 15) is 14.0 Å². The van der Waals surface area contributed by atoms with E-state index in [-0.39, 0.29) is 29.5 Å². The highest BCUT2D eigenvalue weighted by atomic mass is 19.1. The van der Waals surface area contributed by atoms with Gasteiger partial charge in [-0.25, -0.2) is 4.39 Å². The van der Waals surface area contributed by atoms with Gasteiger partial charge in [-0.05, 0) is 41.3 Å². The van der Waals surface area contributed by atoms with Crippen molar-refractivity contribution in [2.75, 3.05) is 16.8 Å². The number of carbonyl (C=O) groups excluding carboxylic acids is 2. The van der Waals surface area contributed by atoms with Gasteiger partial charge in [0.1, 0.15) is 5.82 Å². The number of rotatable bonds is 3. The molecule has 26 heavy (non-hydrogen) atoms. The normalized spacial score (nSPS) is 17.5. The minimum atomic E-state index is -0.430. The van der Waals surface area contributed by atoms with Crippen molar-refractivity contribution in [1.82, 2.24) is 0 Å². The van der Waals surface area contributed by atoms with Gasteiger partial charge in [-0.1, -0.05) is 39.0 Å². The molecule has 2 aromatic carbocycles. The summed E-state index contributed by atoms with van der Waals surface area (Å²) in [5.41, 5.74) is 2.34. The number of anilines is 2. The second-order valence-electron chi connectivity index (χ2n) is 7.67. The predicted octanol–water partition coefficient (Wildman–Crippen LogP) is 4.11. The van der Waals surface area contributed by atoms with Crippen molar-refractivity contribution in [3.63, 3.8) is 0 Å². The predicted molar refractivity (Wildman–Crippen MR) is 101 cm³/mol. The lowest BCUT2D eigenvalue weighted by molar-refractivity contribution is -0.122. The average Bonchev–Trinajstić information content (AvgIpc) is 2.97. The lowest BCUT2D eigenvalue weighted by atomic mass is 9.85. The van der Waals surface area contributed by atoms with Gasteiger partial charge in [0.2, 0.25) is 11.8 Å². The maximum atomic E-state index is 13.1. The molecule has 1 heterocycles. The molecule has 0 spiro atoms. The number of hydrogen-bond donors (Lipinski definition) is 1. The average molecular weight is 354 g/mol. The monoisotopic (exact) mass is 354 g/mol. The molecule has 1 N–H and O–H groups in total. The Labute approximate surface area is 153 Å². The number of amides is 2. The zero-order valence-corrected chi connectivity index (χ0v) is 15.3. The van der Waals surface area contributed by atoms with Crippen LogP contribution in [0.2, 0.25) is 0 Å². The highest BCUT2D eigenvalue weighted by molar-refractivity contribution is 6.03. The van der Waals surface area contributed by atoms with E-state index in [1.807, 2.05) is 24.3 Å². The molecule has 4 nitrogen and oxygen atoms in total. The van der Waals surface area contributed by atoms with Crippen LogP contribution in [0.4, 0.5) is 15.8 Å². The van der Waals surface area contributed by atoms with Gasteiger partial charge in [0.25, 0.3) is 0 Å². The van der Waals surface area contributed by atoms with Gasteiger partial charge in [-0.15, -0.1) is 0 Å². The van der Waals surface area contributed by atoms with Crippen molar-refractivity contribution in [3.8, 4) is 0 Å². The molecule has 0 bridgehead atoms. The Morgan fingerprint density at radius 2 is 1.77 bits per heavy atom. The highest BCUT2D eigenvalue weighted by Crippen LogP contribution is 2.31. The van der Waals surface area contributed by atoms with E-state index in [2.05, 4.69) is 26.1 Å². The first-order valence-electron chi connectivity index (χ1n) is 8.72. The number of carbonyl (C=O) groups is 2. The third kappa shape index (κ3) is 3.77. The van der Waals surface area contributed by atoms with Gasteiger partial charge in [-0.2, -0.15) is 0 Å². The molecule has 5 heteroatoms. The number of halogens is 1. The molecule has 3 rings (SSSR count). The molecule has 1 fully saturated rings. The van der Waals surface area contributed by atoms with Gasteiger partial charge in [0.05, 0.1) is 5.92 Å². The third-order valence-corrected chi connectivity index (χ3v) is 4.63. The first-order chi connectivity index (χ1) is 12.3. The van der Waals surface area contributed by atoms with Crippen molar-refractivity contribution in [3.05, 3.63) is 59.9 Å². The van der Waals surface area contributed by atoms with Crippen LogP contribution in [0.15, 0.2) is 48.5 Å². The Morgan fingerprint density at radius 1 is 1.12 bits per heavy atom. The topological polar surface area (TPSA) is 49.4 Å². The molecular formula is C21H23FN2O2. The number of nitrogens with one attached hydrogen (secondary N) is 1. The van der Waals surface area contributed by atoms with Crippen molar-refractivity contribution in [1.29, 1.82) is 0 Å². The molecule has 0 aromatic heterocycles. The van der Waals surface area contributed by atoms with Crippen LogP contribution in [0, 0.1) is 11.7 Å². The van der Waals surface area contributed by atoms with Gasteiger partial charge < -0.3 is 10.2 Å². The first kappa shape index (κ1) is 18.1. The van der Waals surface area contributed by atoms with E-state index >= 15 is 0 Å². The van der Waals surface area contributed by atoms with Crippen molar-refractivity contribution >= 4 is 23.2 Å². The molecule has 0 saturated carbocycles. The minimum absolute atomic E-state index is 0.102. The number of benzene rings is 2. The van der Waals surface area contributed by atoms with Crippen molar-refractivity contribution in [2.45, 2.75) is 32.6 Å². The third-order valence-electron chi connectivity index (χ3n) is 4.63. The van der Waals surface area contributed by atoms with Crippen LogP contribution in [-0.4, -0.2) is 18.4 Å². The molecule has 1 saturated heterocycles. The van der Waals surface area contributed by atoms with E-state index in [0.717, 1.165) is 11.3 Å². The van der Waals surface area contributed by atoms with Crippen molar-refractivity contribution < 1.29 is 14.0 Å². The largest absolute Gasteiger partial charge is 0.326 e. The summed E-state index contributed by atoms with van der Waals surface area (Å²) in [4.78, 5) is 26.6. The van der Waals surface area contributed by atoms with E-state index in [4.69, 9.17) is 0 Å². The molecule has 2 aromatic rings. The van der Waals surface area contributed by atoms with E-state index in [1.165, 1.54) is 12.1 Å². The Balaban J connectivity index is 1.74. The van der Waals surface area contributed by atoms with E-state index < -0.39 is 5.92 Å². The SMILES string of the molecule is CC(C)(C)c1ccccc1NC(=O)C1CC(=O)N(c2ccc(F)cc2)C1. The first-order valence-corrected chi connectivity index (χ1v) is 8.72. The fraction of sp³-hybridized carbons (Fsp3) is 0.333. The van der Waals surface area contributed by atoms with Gasteiger partial charge in [-0.3, -0.25) is 9.59 Å². The Kier molecular flexibility index (Phi) is 4.81. The zero-order chi connectivity index (χ0) is 18.9. The number of hydrogen-bond acceptors (Lipinski definition) is 2. The number of nitrogens with zero attached hydrogens (tertiary/aromatic N) is 1. The lowest BCUT2D eigenvalue weighted by Gasteiger charge is -2.23. The van der Waals surface area contributed by atoms with Crippen LogP contribution in [0.3, 0.4) is 0 Å². The van der Waals surface area contributed by atoms with Crippen LogP contribution in [0.1, 0.15) is 32.8 Å². The maximum absolute atomic E-state index is 13.1. The molecule has 1 aliphatic rings. The molecule has 0 radical (unpaired) electrons. The fourth-order valence-electron chi connectivity index (χ4n) is 3.23. The summed E-state index contributed by atoms with van der Waals surface area (Å²) in [6, 6.07) is 13.5. The van der Waals surface area contributed by atoms with Crippen LogP contribution >= 0.6 is 0 Å². The summed E-state index contributed by atoms with van der Waals surface area (Å²) in [6.45, 7) is 6.57. The Bertz CT molecular complexity index is 825. The second kappa shape index (κ2) is 6.90. The molecule has 136 valence electrons. The van der Waals surface area contributed by atoms with Gasteiger partial charge >= 0.3 is 0 Å². The fourth-order valence-corrected chi connectivity index (χ4v) is 3.23. The molecule has 1 atom stereocenters. The molecule has 2 amide bonds. The van der Waals surface area contributed by atoms with E-state index in [0.29, 0.717) is 12.2 Å². The summed E-state index contributed by atoms with van der Waals surface area (Å²) in [5, 5.41) is 2.98. The summed E-state index contributed by atoms with van der Waals surface area (Å²) in [6.07, 6.45) is 0.154. The summed E-state index contributed by atoms with van der Waals surface area (Å²) < 4.78 is 13.1. The Morgan fingerprint density at radius 3 is 2.42 bits per heavy atom. The van der Waals surface area contributed by atoms with Gasteiger partial charge in [0.15, 0.2) is 0 Å². The van der Waals surface area contributed by atoms with Crippen LogP contribution in [0.25, 0.3) is 0 Å². The summed E-state index contributed by atoms with van der Waals surface area (Å²) in [5.74, 6) is -1.07. The maximum Gasteiger partial charge on any atom is 0.229 e. The van der Waals surface area contributed by atoms with Crippen LogP contribution in [0.5, 0.6) is 0 Å². The minimum Gasteiger partial charge on any atom is -0.326 e. The lowest BCUT2D eigenvalue weighted by Crippen LogP contribution is -2.28. The quantitative estimate of drug-likeness (QED) is 0.902. The number of para-hydroxylation sites is 1. The second-order valence-corrected chi connectivity index (χ2v) is 7.67. The summed E-state index contributed by atoms with van der Waals surface area (Å²) >= 11 is 0. The molecule has 1 unspecified atom stereocenters. The van der Waals surface area contributed by atoms with E-state index in [1.54, 1.807) is 17.0 Å². The van der Waals surface area contributed by atoms with Crippen LogP contribution in [-0.2, 0) is 15.0 Å². The van der Waals surface area contributed by atoms with Crippen molar-refractivity contribution in [2.24, 2.45) is 5.92 Å². The molecule has 0 aliphatic carbocycles. The van der Waals surface area contributed by atoms with Gasteiger partial charge in [0, 0.05) is 24.3 Å². The highest BCUT2D eigenvalue weighted by Gasteiger charge is 2.35. The molecule has 1 aliphatic heterocycles. The van der Waals surface area contributed by atoms with Crippen LogP contribution < -0.4 is 10.2 Å². The zero-order valence-electron chi connectivity index (χ0n) is 15.3. The standard InChI is InChI=1S/C21H23FN2O2/c1-21(2,3)17-6-4-5-7-18(17)23-20(26)14-12-19(25)24(13-14)16-10-8-15(22)9-11-16/h4-11,14H,12-13H2,1-3H3,(H,23,26). The molecular weight excluding hydrogens is 331 g/mol. The smallest absolute Gasteiger partial charge is 0.229 e. The Hall–Kier alpha value is -2.69.